The summed E-state index contributed by atoms with van der Waals surface area (Å²) in [6.07, 6.45) is 0.114. The lowest BCUT2D eigenvalue weighted by molar-refractivity contribution is -0.141. The molecule has 28 heavy (non-hydrogen) atoms. The van der Waals surface area contributed by atoms with Gasteiger partial charge in [0.05, 0.1) is 5.92 Å². The summed E-state index contributed by atoms with van der Waals surface area (Å²) in [6, 6.07) is 16.4. The molecule has 2 aromatic rings. The number of benzene rings is 2. The lowest BCUT2D eigenvalue weighted by atomic mass is 9.98. The van der Waals surface area contributed by atoms with Crippen molar-refractivity contribution in [2.75, 3.05) is 26.2 Å². The normalized spacial score (nSPS) is 13.5. The Hall–Kier alpha value is -2.86. The van der Waals surface area contributed by atoms with E-state index in [0.717, 1.165) is 0 Å². The highest BCUT2D eigenvalue weighted by molar-refractivity contribution is 5.79. The molecular formula is C22H26N2O4. The Kier molecular flexibility index (Phi) is 6.66. The second-order valence-corrected chi connectivity index (χ2v) is 7.03. The second kappa shape index (κ2) is 9.37. The van der Waals surface area contributed by atoms with Crippen molar-refractivity contribution in [1.29, 1.82) is 0 Å². The van der Waals surface area contributed by atoms with Crippen LogP contribution >= 0.6 is 0 Å². The Morgan fingerprint density at radius 1 is 1.00 bits per heavy atom. The van der Waals surface area contributed by atoms with E-state index in [0.29, 0.717) is 32.7 Å². The number of alkyl carbamates (subject to hydrolysis) is 1. The first kappa shape index (κ1) is 19.9. The van der Waals surface area contributed by atoms with Gasteiger partial charge in [0.25, 0.3) is 0 Å². The molecule has 6 heteroatoms. The average Bonchev–Trinajstić information content (AvgIpc) is 3.02. The summed E-state index contributed by atoms with van der Waals surface area (Å²) in [5, 5.41) is 14.7. The number of amides is 1. The number of carboxylic acid groups (broad SMARTS) is 1. The molecule has 1 atom stereocenters. The molecule has 3 N–H and O–H groups in total. The summed E-state index contributed by atoms with van der Waals surface area (Å²) in [5.74, 6) is -1.12. The minimum absolute atomic E-state index is 0.0498. The molecule has 0 aromatic heterocycles. The van der Waals surface area contributed by atoms with Crippen LogP contribution in [0.15, 0.2) is 48.5 Å². The maximum absolute atomic E-state index is 12.0. The van der Waals surface area contributed by atoms with Crippen LogP contribution in [0.25, 0.3) is 11.1 Å². The van der Waals surface area contributed by atoms with Gasteiger partial charge in [-0.1, -0.05) is 55.5 Å². The smallest absolute Gasteiger partial charge is 0.407 e. The Balaban J connectivity index is 1.42. The largest absolute Gasteiger partial charge is 0.481 e. The quantitative estimate of drug-likeness (QED) is 0.580. The molecule has 0 saturated carbocycles. The van der Waals surface area contributed by atoms with Crippen molar-refractivity contribution in [3.63, 3.8) is 0 Å². The fourth-order valence-electron chi connectivity index (χ4n) is 3.47. The Morgan fingerprint density at radius 2 is 1.61 bits per heavy atom. The van der Waals surface area contributed by atoms with Crippen molar-refractivity contribution in [2.45, 2.75) is 19.3 Å². The van der Waals surface area contributed by atoms with E-state index >= 15 is 0 Å². The monoisotopic (exact) mass is 382 g/mol. The molecule has 0 fully saturated rings. The molecule has 0 aliphatic heterocycles. The summed E-state index contributed by atoms with van der Waals surface area (Å²) < 4.78 is 5.46. The number of nitrogens with one attached hydrogen (secondary N) is 2. The molecule has 0 saturated heterocycles. The number of hydrogen-bond acceptors (Lipinski definition) is 4. The Labute approximate surface area is 164 Å². The predicted molar refractivity (Wildman–Crippen MR) is 107 cm³/mol. The van der Waals surface area contributed by atoms with Gasteiger partial charge in [-0.15, -0.1) is 0 Å². The number of carbonyl (C=O) groups is 2. The van der Waals surface area contributed by atoms with Gasteiger partial charge >= 0.3 is 12.1 Å². The molecule has 0 spiro atoms. The summed E-state index contributed by atoms with van der Waals surface area (Å²) in [6.45, 7) is 3.57. The third-order valence-electron chi connectivity index (χ3n) is 5.09. The van der Waals surface area contributed by atoms with Gasteiger partial charge in [0, 0.05) is 19.0 Å². The lowest BCUT2D eigenvalue weighted by Gasteiger charge is -2.14. The topological polar surface area (TPSA) is 87.7 Å². The molecule has 1 aliphatic carbocycles. The van der Waals surface area contributed by atoms with Crippen LogP contribution in [0.3, 0.4) is 0 Å². The Morgan fingerprint density at radius 3 is 2.21 bits per heavy atom. The van der Waals surface area contributed by atoms with E-state index in [2.05, 4.69) is 34.9 Å². The molecule has 1 amide bonds. The maximum Gasteiger partial charge on any atom is 0.407 e. The number of carbonyl (C=O) groups excluding carboxylic acids is 1. The van der Waals surface area contributed by atoms with Crippen molar-refractivity contribution in [3.05, 3.63) is 59.7 Å². The van der Waals surface area contributed by atoms with Crippen molar-refractivity contribution in [2.24, 2.45) is 5.92 Å². The number of aliphatic carboxylic acids is 1. The predicted octanol–water partition coefficient (Wildman–Crippen LogP) is 3.23. The van der Waals surface area contributed by atoms with Crippen LogP contribution < -0.4 is 10.6 Å². The fraction of sp³-hybridized carbons (Fsp3) is 0.364. The zero-order valence-corrected chi connectivity index (χ0v) is 16.0. The molecule has 0 bridgehead atoms. The highest BCUT2D eigenvalue weighted by Gasteiger charge is 2.28. The average molecular weight is 382 g/mol. The Bertz CT molecular complexity index is 791. The van der Waals surface area contributed by atoms with Crippen molar-refractivity contribution in [3.8, 4) is 11.1 Å². The molecular weight excluding hydrogens is 356 g/mol. The van der Waals surface area contributed by atoms with E-state index in [9.17, 15) is 9.59 Å². The third-order valence-corrected chi connectivity index (χ3v) is 5.09. The number of rotatable bonds is 9. The first-order valence-electron chi connectivity index (χ1n) is 9.60. The van der Waals surface area contributed by atoms with Crippen molar-refractivity contribution in [1.82, 2.24) is 10.6 Å². The van der Waals surface area contributed by atoms with E-state index in [1.165, 1.54) is 22.3 Å². The van der Waals surface area contributed by atoms with Gasteiger partial charge in [0.2, 0.25) is 0 Å². The van der Waals surface area contributed by atoms with E-state index < -0.39 is 12.1 Å². The third kappa shape index (κ3) is 4.70. The van der Waals surface area contributed by atoms with Crippen LogP contribution in [0.4, 0.5) is 4.79 Å². The lowest BCUT2D eigenvalue weighted by Crippen LogP contribution is -2.33. The van der Waals surface area contributed by atoms with Crippen LogP contribution in [0, 0.1) is 5.92 Å². The molecule has 3 rings (SSSR count). The second-order valence-electron chi connectivity index (χ2n) is 7.03. The van der Waals surface area contributed by atoms with Crippen LogP contribution in [0.1, 0.15) is 30.4 Å². The summed E-state index contributed by atoms with van der Waals surface area (Å²) >= 11 is 0. The standard InChI is InChI=1S/C22H26N2O4/c1-15(21(25)26)10-11-23-12-13-24-22(27)28-14-20-18-8-4-2-6-16(18)17-7-3-5-9-19(17)20/h2-9,15,20,23H,10-14H2,1H3,(H,24,27)(H,25,26)/t15-/m0/s1. The molecule has 148 valence electrons. The fourth-order valence-corrected chi connectivity index (χ4v) is 3.47. The SMILES string of the molecule is C[C@@H](CCNCCNC(=O)OCC1c2ccccc2-c2ccccc21)C(=O)O. The van der Waals surface area contributed by atoms with Gasteiger partial charge in [-0.25, -0.2) is 4.79 Å². The van der Waals surface area contributed by atoms with Crippen molar-refractivity contribution < 1.29 is 19.4 Å². The molecule has 2 aromatic carbocycles. The number of hydrogen-bond donors (Lipinski definition) is 3. The van der Waals surface area contributed by atoms with Gasteiger partial charge in [-0.2, -0.15) is 0 Å². The van der Waals surface area contributed by atoms with E-state index in [4.69, 9.17) is 9.84 Å². The van der Waals surface area contributed by atoms with Gasteiger partial charge in [-0.3, -0.25) is 4.79 Å². The maximum atomic E-state index is 12.0. The van der Waals surface area contributed by atoms with Crippen LogP contribution in [0.5, 0.6) is 0 Å². The van der Waals surface area contributed by atoms with Crippen LogP contribution in [-0.4, -0.2) is 43.4 Å². The molecule has 6 nitrogen and oxygen atoms in total. The van der Waals surface area contributed by atoms with Crippen molar-refractivity contribution >= 4 is 12.1 Å². The van der Waals surface area contributed by atoms with Crippen LogP contribution in [0.2, 0.25) is 0 Å². The minimum Gasteiger partial charge on any atom is -0.481 e. The van der Waals surface area contributed by atoms with Crippen LogP contribution in [-0.2, 0) is 9.53 Å². The van der Waals surface area contributed by atoms with E-state index in [1.807, 2.05) is 24.3 Å². The van der Waals surface area contributed by atoms with E-state index in [1.54, 1.807) is 6.92 Å². The first-order chi connectivity index (χ1) is 13.6. The minimum atomic E-state index is -0.793. The highest BCUT2D eigenvalue weighted by Crippen LogP contribution is 2.44. The number of fused-ring (bicyclic) bond motifs is 3. The van der Waals surface area contributed by atoms with E-state index in [-0.39, 0.29) is 11.8 Å². The summed E-state index contributed by atoms with van der Waals surface area (Å²) in [4.78, 5) is 22.8. The molecule has 0 unspecified atom stereocenters. The zero-order chi connectivity index (χ0) is 19.9. The van der Waals surface area contributed by atoms with Gasteiger partial charge in [0.15, 0.2) is 0 Å². The highest BCUT2D eigenvalue weighted by atomic mass is 16.5. The molecule has 1 aliphatic rings. The van der Waals surface area contributed by atoms with Gasteiger partial charge < -0.3 is 20.5 Å². The molecule has 0 radical (unpaired) electrons. The summed E-state index contributed by atoms with van der Waals surface area (Å²) in [5.41, 5.74) is 4.77. The molecule has 0 heterocycles. The van der Waals surface area contributed by atoms with Gasteiger partial charge in [-0.05, 0) is 35.2 Å². The zero-order valence-electron chi connectivity index (χ0n) is 16.0. The number of ether oxygens (including phenoxy) is 1. The number of carboxylic acids is 1. The first-order valence-corrected chi connectivity index (χ1v) is 9.60. The van der Waals surface area contributed by atoms with Gasteiger partial charge in [0.1, 0.15) is 6.61 Å². The summed E-state index contributed by atoms with van der Waals surface area (Å²) in [7, 11) is 0.